The Balaban J connectivity index is 1.70. The van der Waals surface area contributed by atoms with E-state index >= 15 is 0 Å². The van der Waals surface area contributed by atoms with Crippen molar-refractivity contribution in [2.45, 2.75) is 31.5 Å². The van der Waals surface area contributed by atoms with Gasteiger partial charge in [-0.25, -0.2) is 0 Å². The first kappa shape index (κ1) is 22.6. The van der Waals surface area contributed by atoms with Crippen LogP contribution in [0.1, 0.15) is 29.2 Å². The lowest BCUT2D eigenvalue weighted by Crippen LogP contribution is -2.48. The fraction of sp³-hybridized carbons (Fsp3) is 0.222. The number of amides is 1. The zero-order chi connectivity index (χ0) is 22.3. The molecule has 2 atom stereocenters. The van der Waals surface area contributed by atoms with Crippen LogP contribution in [0.5, 0.6) is 0 Å². The molecule has 32 heavy (non-hydrogen) atoms. The number of benzene rings is 3. The van der Waals surface area contributed by atoms with E-state index in [1.165, 1.54) is 0 Å². The second-order valence-electron chi connectivity index (χ2n) is 8.02. The van der Waals surface area contributed by atoms with Crippen LogP contribution < -0.4 is 5.32 Å². The summed E-state index contributed by atoms with van der Waals surface area (Å²) in [6, 6.07) is 25.2. The number of nitrogens with one attached hydrogen (secondary N) is 1. The molecular weight excluding hydrogens is 439 g/mol. The minimum absolute atomic E-state index is 0.0902. The minimum Gasteiger partial charge on any atom is -0.330 e. The van der Waals surface area contributed by atoms with Crippen molar-refractivity contribution < 1.29 is 4.79 Å². The summed E-state index contributed by atoms with van der Waals surface area (Å²) < 4.78 is 0. The number of nitrogens with zero attached hydrogens (tertiary/aromatic N) is 1. The third-order valence-corrected chi connectivity index (χ3v) is 6.27. The van der Waals surface area contributed by atoms with Crippen molar-refractivity contribution >= 4 is 29.1 Å². The molecule has 1 N–H and O–H groups in total. The quantitative estimate of drug-likeness (QED) is 0.454. The van der Waals surface area contributed by atoms with Gasteiger partial charge in [-0.2, -0.15) is 0 Å². The molecule has 1 aliphatic rings. The minimum atomic E-state index is -0.317. The van der Waals surface area contributed by atoms with Gasteiger partial charge in [0.05, 0.1) is 12.1 Å². The van der Waals surface area contributed by atoms with Crippen molar-refractivity contribution in [1.29, 1.82) is 0 Å². The summed E-state index contributed by atoms with van der Waals surface area (Å²) in [7, 11) is 0. The van der Waals surface area contributed by atoms with Gasteiger partial charge >= 0.3 is 0 Å². The summed E-state index contributed by atoms with van der Waals surface area (Å²) in [5.74, 6) is 0.0902. The van der Waals surface area contributed by atoms with Crippen LogP contribution in [0.25, 0.3) is 0 Å². The Labute approximate surface area is 199 Å². The van der Waals surface area contributed by atoms with E-state index in [2.05, 4.69) is 29.6 Å². The van der Waals surface area contributed by atoms with E-state index in [-0.39, 0.29) is 18.0 Å². The Morgan fingerprint density at radius 1 is 0.812 bits per heavy atom. The van der Waals surface area contributed by atoms with Gasteiger partial charge < -0.3 is 10.2 Å². The molecule has 0 bridgehead atoms. The topological polar surface area (TPSA) is 32.3 Å². The molecule has 0 radical (unpaired) electrons. The highest BCUT2D eigenvalue weighted by molar-refractivity contribution is 6.30. The monoisotopic (exact) mass is 464 g/mol. The number of carbonyl (C=O) groups is 1. The summed E-state index contributed by atoms with van der Waals surface area (Å²) in [5, 5.41) is 4.82. The summed E-state index contributed by atoms with van der Waals surface area (Å²) in [6.07, 6.45) is 5.64. The maximum absolute atomic E-state index is 14.0. The van der Waals surface area contributed by atoms with Crippen LogP contribution in [0.3, 0.4) is 0 Å². The molecule has 3 nitrogen and oxygen atoms in total. The third-order valence-electron chi connectivity index (χ3n) is 5.77. The van der Waals surface area contributed by atoms with Crippen LogP contribution in [0.4, 0.5) is 0 Å². The first-order valence-electron chi connectivity index (χ1n) is 10.8. The van der Waals surface area contributed by atoms with Crippen LogP contribution in [0, 0.1) is 0 Å². The molecular formula is C27H26Cl2N2O. The van der Waals surface area contributed by atoms with E-state index in [0.717, 1.165) is 23.1 Å². The van der Waals surface area contributed by atoms with Gasteiger partial charge in [0.15, 0.2) is 0 Å². The van der Waals surface area contributed by atoms with Crippen LogP contribution in [-0.4, -0.2) is 23.4 Å². The molecule has 1 heterocycles. The summed E-state index contributed by atoms with van der Waals surface area (Å²) in [6.45, 7) is 1.16. The molecule has 0 saturated carbocycles. The Bertz CT molecular complexity index is 1050. The Hall–Kier alpha value is -2.59. The largest absolute Gasteiger partial charge is 0.330 e. The van der Waals surface area contributed by atoms with Crippen molar-refractivity contribution in [2.24, 2.45) is 0 Å². The van der Waals surface area contributed by atoms with E-state index in [4.69, 9.17) is 23.2 Å². The zero-order valence-corrected chi connectivity index (χ0v) is 19.3. The van der Waals surface area contributed by atoms with Crippen molar-refractivity contribution in [2.75, 3.05) is 6.54 Å². The highest BCUT2D eigenvalue weighted by Gasteiger charge is 2.31. The van der Waals surface area contributed by atoms with E-state index < -0.39 is 0 Å². The molecule has 3 aromatic rings. The fourth-order valence-electron chi connectivity index (χ4n) is 4.07. The molecule has 0 spiro atoms. The lowest BCUT2D eigenvalue weighted by Gasteiger charge is -2.34. The number of hydrogen-bond acceptors (Lipinski definition) is 2. The van der Waals surface area contributed by atoms with Crippen molar-refractivity contribution in [1.82, 2.24) is 10.2 Å². The summed E-state index contributed by atoms with van der Waals surface area (Å²) in [4.78, 5) is 15.9. The Kier molecular flexibility index (Phi) is 7.64. The van der Waals surface area contributed by atoms with Crippen molar-refractivity contribution in [3.8, 4) is 0 Å². The van der Waals surface area contributed by atoms with E-state index in [0.29, 0.717) is 29.6 Å². The maximum Gasteiger partial charge on any atom is 0.240 e. The fourth-order valence-corrected chi connectivity index (χ4v) is 4.32. The van der Waals surface area contributed by atoms with Gasteiger partial charge in [-0.15, -0.1) is 0 Å². The van der Waals surface area contributed by atoms with Gasteiger partial charge in [0.2, 0.25) is 5.91 Å². The lowest BCUT2D eigenvalue weighted by molar-refractivity contribution is -0.136. The summed E-state index contributed by atoms with van der Waals surface area (Å²) in [5.41, 5.74) is 3.25. The number of halogens is 2. The van der Waals surface area contributed by atoms with Gasteiger partial charge in [-0.05, 0) is 53.8 Å². The van der Waals surface area contributed by atoms with Crippen LogP contribution in [-0.2, 0) is 17.8 Å². The van der Waals surface area contributed by atoms with E-state index in [1.54, 1.807) is 0 Å². The van der Waals surface area contributed by atoms with Crippen LogP contribution in [0.2, 0.25) is 10.0 Å². The van der Waals surface area contributed by atoms with E-state index in [1.807, 2.05) is 71.6 Å². The Morgan fingerprint density at radius 3 is 2.16 bits per heavy atom. The van der Waals surface area contributed by atoms with Crippen molar-refractivity contribution in [3.63, 3.8) is 0 Å². The van der Waals surface area contributed by atoms with Gasteiger partial charge in [0.25, 0.3) is 0 Å². The molecule has 0 unspecified atom stereocenters. The average Bonchev–Trinajstić information content (AvgIpc) is 2.88. The molecule has 164 valence electrons. The lowest BCUT2D eigenvalue weighted by atomic mass is 9.98. The zero-order valence-electron chi connectivity index (χ0n) is 17.8. The van der Waals surface area contributed by atoms with Gasteiger partial charge in [0, 0.05) is 23.1 Å². The normalized spacial score (nSPS) is 19.3. The highest BCUT2D eigenvalue weighted by atomic mass is 35.5. The molecule has 1 amide bonds. The molecule has 3 aromatic carbocycles. The smallest absolute Gasteiger partial charge is 0.240 e. The van der Waals surface area contributed by atoms with Crippen molar-refractivity contribution in [3.05, 3.63) is 118 Å². The molecule has 1 aliphatic heterocycles. The van der Waals surface area contributed by atoms with Crippen LogP contribution >= 0.6 is 23.2 Å². The second kappa shape index (κ2) is 10.8. The molecule has 0 aromatic heterocycles. The Morgan fingerprint density at radius 2 is 1.47 bits per heavy atom. The highest BCUT2D eigenvalue weighted by Crippen LogP contribution is 2.30. The SMILES string of the molecule is O=C1[C@H](Cc2ccccc2)NCC=CC[C@@H](c2ccc(Cl)cc2)N1Cc1ccc(Cl)cc1. The molecule has 4 rings (SSSR count). The predicted molar refractivity (Wildman–Crippen MR) is 132 cm³/mol. The maximum atomic E-state index is 14.0. The molecule has 0 saturated heterocycles. The molecule has 5 heteroatoms. The molecule has 0 aliphatic carbocycles. The standard InChI is InChI=1S/C27H26Cl2N2O/c28-23-13-9-21(10-14-23)19-31-26(22-11-15-24(29)16-12-22)8-4-5-17-30-25(27(31)32)18-20-6-2-1-3-7-20/h1-7,9-16,25-26,30H,8,17-19H2/t25-,26-/m0/s1. The second-order valence-corrected chi connectivity index (χ2v) is 8.89. The van der Waals surface area contributed by atoms with Gasteiger partial charge in [-0.1, -0.05) is 90.0 Å². The first-order valence-corrected chi connectivity index (χ1v) is 11.6. The molecule has 0 fully saturated rings. The third kappa shape index (κ3) is 5.80. The predicted octanol–water partition coefficient (Wildman–Crippen LogP) is 6.22. The average molecular weight is 465 g/mol. The number of hydrogen-bond donors (Lipinski definition) is 1. The van der Waals surface area contributed by atoms with E-state index in [9.17, 15) is 4.79 Å². The number of carbonyl (C=O) groups excluding carboxylic acids is 1. The van der Waals surface area contributed by atoms with Crippen LogP contribution in [0.15, 0.2) is 91.0 Å². The first-order chi connectivity index (χ1) is 15.6. The number of rotatable bonds is 5. The summed E-state index contributed by atoms with van der Waals surface area (Å²) >= 11 is 12.2. The van der Waals surface area contributed by atoms with Gasteiger partial charge in [-0.3, -0.25) is 4.79 Å². The van der Waals surface area contributed by atoms with Gasteiger partial charge in [0.1, 0.15) is 0 Å².